The second kappa shape index (κ2) is 8.97. The van der Waals surface area contributed by atoms with E-state index < -0.39 is 17.3 Å². The fraction of sp³-hybridized carbons (Fsp3) is 0.100. The summed E-state index contributed by atoms with van der Waals surface area (Å²) in [5, 5.41) is 10.2. The molecule has 2 aromatic carbocycles. The molecule has 0 aliphatic rings. The second-order valence-corrected chi connectivity index (χ2v) is 8.60. The van der Waals surface area contributed by atoms with Crippen molar-refractivity contribution in [2.45, 2.75) is 17.0 Å². The summed E-state index contributed by atoms with van der Waals surface area (Å²) in [7, 11) is 0. The number of benzene rings is 2. The van der Waals surface area contributed by atoms with Crippen LogP contribution in [-0.4, -0.2) is 4.98 Å². The van der Waals surface area contributed by atoms with Crippen LogP contribution in [0.4, 0.5) is 13.2 Å². The van der Waals surface area contributed by atoms with Crippen molar-refractivity contribution in [3.05, 3.63) is 79.7 Å². The third kappa shape index (κ3) is 5.26. The predicted molar refractivity (Wildman–Crippen MR) is 113 cm³/mol. The quantitative estimate of drug-likeness (QED) is 0.329. The van der Waals surface area contributed by atoms with Gasteiger partial charge in [0.2, 0.25) is 0 Å². The molecule has 0 spiro atoms. The first kappa shape index (κ1) is 22.0. The topological polar surface area (TPSA) is 36.7 Å². The summed E-state index contributed by atoms with van der Waals surface area (Å²) in [5.41, 5.74) is -0.205. The van der Waals surface area contributed by atoms with Crippen LogP contribution >= 0.6 is 50.9 Å². The first-order valence-corrected chi connectivity index (χ1v) is 10.6. The molecular formula is C20H10BrCl2F3N2S. The highest BCUT2D eigenvalue weighted by Crippen LogP contribution is 2.39. The largest absolute Gasteiger partial charge is 0.417 e. The highest BCUT2D eigenvalue weighted by atomic mass is 79.9. The molecule has 0 fully saturated rings. The molecule has 1 aromatic heterocycles. The van der Waals surface area contributed by atoms with Gasteiger partial charge in [-0.3, -0.25) is 0 Å². The van der Waals surface area contributed by atoms with Gasteiger partial charge in [0.1, 0.15) is 11.1 Å². The van der Waals surface area contributed by atoms with Crippen LogP contribution in [0.25, 0.3) is 11.3 Å². The number of rotatable bonds is 4. The molecule has 3 aromatic rings. The van der Waals surface area contributed by atoms with Crippen LogP contribution in [0.3, 0.4) is 0 Å². The smallest absolute Gasteiger partial charge is 0.240 e. The zero-order chi connectivity index (χ0) is 21.2. The molecule has 9 heteroatoms. The van der Waals surface area contributed by atoms with Crippen molar-refractivity contribution in [1.29, 1.82) is 5.26 Å². The number of nitriles is 1. The van der Waals surface area contributed by atoms with Crippen molar-refractivity contribution in [3.63, 3.8) is 0 Å². The molecule has 0 aliphatic carbocycles. The van der Waals surface area contributed by atoms with Gasteiger partial charge >= 0.3 is 6.18 Å². The number of nitrogens with zero attached hydrogens (tertiary/aromatic N) is 2. The maximum atomic E-state index is 13.6. The summed E-state index contributed by atoms with van der Waals surface area (Å²) < 4.78 is 41.6. The third-order valence-corrected chi connectivity index (χ3v) is 6.06. The van der Waals surface area contributed by atoms with Gasteiger partial charge in [-0.2, -0.15) is 18.4 Å². The van der Waals surface area contributed by atoms with E-state index in [-0.39, 0.29) is 16.5 Å². The molecule has 0 bridgehead atoms. The molecule has 0 saturated heterocycles. The molecule has 0 unspecified atom stereocenters. The zero-order valence-corrected chi connectivity index (χ0v) is 18.3. The SMILES string of the molecule is N#Cc1c(C(F)(F)F)cc(-c2ccc(Br)cc2)nc1SCc1ccc(Cl)cc1Cl. The van der Waals surface area contributed by atoms with E-state index in [1.165, 1.54) is 0 Å². The van der Waals surface area contributed by atoms with Gasteiger partial charge in [-0.15, -0.1) is 11.8 Å². The molecule has 0 aliphatic heterocycles. The van der Waals surface area contributed by atoms with E-state index in [1.807, 2.05) is 0 Å². The van der Waals surface area contributed by atoms with Crippen molar-refractivity contribution >= 4 is 50.9 Å². The normalized spacial score (nSPS) is 11.3. The third-order valence-electron chi connectivity index (χ3n) is 3.92. The molecule has 0 atom stereocenters. The summed E-state index contributed by atoms with van der Waals surface area (Å²) in [6.07, 6.45) is -4.69. The van der Waals surface area contributed by atoms with Crippen LogP contribution in [0.5, 0.6) is 0 Å². The molecule has 1 heterocycles. The van der Waals surface area contributed by atoms with Gasteiger partial charge in [0.05, 0.1) is 16.8 Å². The Hall–Kier alpha value is -1.72. The van der Waals surface area contributed by atoms with Crippen LogP contribution in [-0.2, 0) is 11.9 Å². The van der Waals surface area contributed by atoms with E-state index in [4.69, 9.17) is 23.2 Å². The summed E-state index contributed by atoms with van der Waals surface area (Å²) in [4.78, 5) is 4.34. The standard InChI is InChI=1S/C20H10BrCl2F3N2S/c21-13-4-1-11(2-5-13)18-8-16(20(24,25)26)15(9-27)19(28-18)29-10-12-3-6-14(22)7-17(12)23/h1-8H,10H2. The minimum atomic E-state index is -4.69. The van der Waals surface area contributed by atoms with Crippen molar-refractivity contribution in [1.82, 2.24) is 4.98 Å². The Labute approximate surface area is 187 Å². The maximum absolute atomic E-state index is 13.6. The predicted octanol–water partition coefficient (Wildman–Crippen LogP) is 8.00. The van der Waals surface area contributed by atoms with E-state index in [1.54, 1.807) is 48.5 Å². The molecule has 0 N–H and O–H groups in total. The summed E-state index contributed by atoms with van der Waals surface area (Å²) in [5.74, 6) is 0.235. The maximum Gasteiger partial charge on any atom is 0.417 e. The summed E-state index contributed by atoms with van der Waals surface area (Å²) >= 11 is 16.3. The Kier molecular flexibility index (Phi) is 6.79. The molecule has 0 radical (unpaired) electrons. The van der Waals surface area contributed by atoms with Gasteiger partial charge in [-0.1, -0.05) is 57.3 Å². The Morgan fingerprint density at radius 2 is 1.76 bits per heavy atom. The van der Waals surface area contributed by atoms with E-state index >= 15 is 0 Å². The minimum Gasteiger partial charge on any atom is -0.240 e. The molecule has 29 heavy (non-hydrogen) atoms. The van der Waals surface area contributed by atoms with Gasteiger partial charge in [-0.25, -0.2) is 4.98 Å². The summed E-state index contributed by atoms with van der Waals surface area (Å²) in [6.45, 7) is 0. The highest BCUT2D eigenvalue weighted by molar-refractivity contribution is 9.10. The van der Waals surface area contributed by atoms with Crippen LogP contribution in [0, 0.1) is 11.3 Å². The number of hydrogen-bond donors (Lipinski definition) is 0. The molecule has 3 rings (SSSR count). The van der Waals surface area contributed by atoms with E-state index in [0.717, 1.165) is 22.3 Å². The van der Waals surface area contributed by atoms with Crippen molar-refractivity contribution in [3.8, 4) is 17.3 Å². The lowest BCUT2D eigenvalue weighted by Crippen LogP contribution is -2.10. The zero-order valence-electron chi connectivity index (χ0n) is 14.4. The Morgan fingerprint density at radius 3 is 2.34 bits per heavy atom. The lowest BCUT2D eigenvalue weighted by Gasteiger charge is -2.14. The van der Waals surface area contributed by atoms with E-state index in [0.29, 0.717) is 21.2 Å². The average molecular weight is 518 g/mol. The fourth-order valence-electron chi connectivity index (χ4n) is 2.51. The van der Waals surface area contributed by atoms with E-state index in [2.05, 4.69) is 20.9 Å². The first-order chi connectivity index (χ1) is 13.7. The van der Waals surface area contributed by atoms with Crippen LogP contribution in [0.1, 0.15) is 16.7 Å². The number of alkyl halides is 3. The lowest BCUT2D eigenvalue weighted by molar-refractivity contribution is -0.138. The van der Waals surface area contributed by atoms with E-state index in [9.17, 15) is 18.4 Å². The summed E-state index contributed by atoms with van der Waals surface area (Å²) in [6, 6.07) is 14.2. The van der Waals surface area contributed by atoms with Crippen LogP contribution < -0.4 is 0 Å². The first-order valence-electron chi connectivity index (χ1n) is 8.04. The second-order valence-electron chi connectivity index (χ2n) is 5.88. The molecule has 148 valence electrons. The Balaban J connectivity index is 2.07. The van der Waals surface area contributed by atoms with Crippen molar-refractivity contribution < 1.29 is 13.2 Å². The van der Waals surface area contributed by atoms with Gasteiger partial charge in [0.25, 0.3) is 0 Å². The van der Waals surface area contributed by atoms with Gasteiger partial charge in [0, 0.05) is 25.8 Å². The number of thioether (sulfide) groups is 1. The molecule has 0 saturated carbocycles. The lowest BCUT2D eigenvalue weighted by atomic mass is 10.1. The van der Waals surface area contributed by atoms with Gasteiger partial charge < -0.3 is 0 Å². The van der Waals surface area contributed by atoms with Crippen LogP contribution in [0.15, 0.2) is 58.0 Å². The number of halogens is 6. The average Bonchev–Trinajstić information content (AvgIpc) is 2.66. The van der Waals surface area contributed by atoms with Crippen molar-refractivity contribution in [2.75, 3.05) is 0 Å². The van der Waals surface area contributed by atoms with Crippen LogP contribution in [0.2, 0.25) is 10.0 Å². The van der Waals surface area contributed by atoms with Crippen molar-refractivity contribution in [2.24, 2.45) is 0 Å². The fourth-order valence-corrected chi connectivity index (χ4v) is 4.34. The van der Waals surface area contributed by atoms with Gasteiger partial charge in [-0.05, 0) is 35.9 Å². The molecule has 2 nitrogen and oxygen atoms in total. The number of pyridine rings is 1. The Bertz CT molecular complexity index is 1100. The number of aromatic nitrogens is 1. The molecular weight excluding hydrogens is 508 g/mol. The minimum absolute atomic E-state index is 0.00809. The van der Waals surface area contributed by atoms with Gasteiger partial charge in [0.15, 0.2) is 0 Å². The number of hydrogen-bond acceptors (Lipinski definition) is 3. The molecule has 0 amide bonds. The Morgan fingerprint density at radius 1 is 1.07 bits per heavy atom. The monoisotopic (exact) mass is 516 g/mol. The highest BCUT2D eigenvalue weighted by Gasteiger charge is 2.36.